The minimum absolute atomic E-state index is 0.171. The summed E-state index contributed by atoms with van der Waals surface area (Å²) in [6.07, 6.45) is 4.28. The van der Waals surface area contributed by atoms with Crippen LogP contribution in [0.1, 0.15) is 32.6 Å². The number of nitrogens with zero attached hydrogens (tertiary/aromatic N) is 1. The smallest absolute Gasteiger partial charge is 0.213 e. The van der Waals surface area contributed by atoms with Gasteiger partial charge in [0.25, 0.3) is 0 Å². The molecule has 112 valence electrons. The lowest BCUT2D eigenvalue weighted by Gasteiger charge is -2.29. The van der Waals surface area contributed by atoms with E-state index in [0.29, 0.717) is 6.54 Å². The molecule has 2 N–H and O–H groups in total. The van der Waals surface area contributed by atoms with Gasteiger partial charge < -0.3 is 5.32 Å². The Kier molecular flexibility index (Phi) is 5.62. The second-order valence-corrected chi connectivity index (χ2v) is 7.86. The number of nitrogens with one attached hydrogen (secondary N) is 2. The molecule has 0 atom stereocenters. The van der Waals surface area contributed by atoms with Gasteiger partial charge >= 0.3 is 0 Å². The van der Waals surface area contributed by atoms with Gasteiger partial charge in [-0.3, -0.25) is 4.90 Å². The SMILES string of the molecule is CC1CCC(NS(=O)(=O)CCN2CCNCC2)CC1. The predicted octanol–water partition coefficient (Wildman–Crippen LogP) is 0.390. The fraction of sp³-hybridized carbons (Fsp3) is 1.00. The second kappa shape index (κ2) is 7.02. The molecule has 0 radical (unpaired) electrons. The van der Waals surface area contributed by atoms with Crippen molar-refractivity contribution in [3.8, 4) is 0 Å². The quantitative estimate of drug-likeness (QED) is 0.769. The van der Waals surface area contributed by atoms with E-state index >= 15 is 0 Å². The van der Waals surface area contributed by atoms with Gasteiger partial charge in [-0.05, 0) is 31.6 Å². The lowest BCUT2D eigenvalue weighted by Crippen LogP contribution is -2.47. The predicted molar refractivity (Wildman–Crippen MR) is 77.7 cm³/mol. The van der Waals surface area contributed by atoms with Crippen LogP contribution in [-0.4, -0.2) is 57.8 Å². The number of rotatable bonds is 5. The Hall–Kier alpha value is -0.170. The summed E-state index contributed by atoms with van der Waals surface area (Å²) in [5.41, 5.74) is 0. The van der Waals surface area contributed by atoms with Gasteiger partial charge in [0.2, 0.25) is 10.0 Å². The average molecular weight is 289 g/mol. The van der Waals surface area contributed by atoms with Gasteiger partial charge in [0, 0.05) is 38.8 Å². The summed E-state index contributed by atoms with van der Waals surface area (Å²) in [4.78, 5) is 2.22. The van der Waals surface area contributed by atoms with E-state index in [2.05, 4.69) is 21.9 Å². The molecule has 1 aliphatic heterocycles. The minimum atomic E-state index is -3.11. The Morgan fingerprint density at radius 2 is 1.79 bits per heavy atom. The molecule has 1 saturated carbocycles. The van der Waals surface area contributed by atoms with Gasteiger partial charge in [-0.1, -0.05) is 6.92 Å². The van der Waals surface area contributed by atoms with Gasteiger partial charge in [-0.25, -0.2) is 13.1 Å². The van der Waals surface area contributed by atoms with Crippen LogP contribution in [0.5, 0.6) is 0 Å². The van der Waals surface area contributed by atoms with Crippen LogP contribution in [0.15, 0.2) is 0 Å². The molecule has 0 spiro atoms. The van der Waals surface area contributed by atoms with Crippen molar-refractivity contribution in [3.63, 3.8) is 0 Å². The molecule has 2 rings (SSSR count). The number of sulfonamides is 1. The Bertz CT molecular complexity index is 358. The fourth-order valence-corrected chi connectivity index (χ4v) is 4.23. The molecular formula is C13H27N3O2S. The van der Waals surface area contributed by atoms with Gasteiger partial charge in [0.05, 0.1) is 5.75 Å². The number of hydrogen-bond acceptors (Lipinski definition) is 4. The lowest BCUT2D eigenvalue weighted by atomic mass is 9.88. The van der Waals surface area contributed by atoms with Crippen LogP contribution in [0.25, 0.3) is 0 Å². The van der Waals surface area contributed by atoms with Crippen LogP contribution in [0.2, 0.25) is 0 Å². The maximum atomic E-state index is 12.1. The van der Waals surface area contributed by atoms with Crippen LogP contribution in [-0.2, 0) is 10.0 Å². The van der Waals surface area contributed by atoms with E-state index < -0.39 is 10.0 Å². The molecule has 0 amide bonds. The highest BCUT2D eigenvalue weighted by Crippen LogP contribution is 2.23. The van der Waals surface area contributed by atoms with Gasteiger partial charge in [0.1, 0.15) is 0 Å². The fourth-order valence-electron chi connectivity index (χ4n) is 2.87. The summed E-state index contributed by atoms with van der Waals surface area (Å²) in [6, 6.07) is 0.171. The molecule has 19 heavy (non-hydrogen) atoms. The maximum Gasteiger partial charge on any atom is 0.213 e. The van der Waals surface area contributed by atoms with E-state index in [1.165, 1.54) is 0 Å². The van der Waals surface area contributed by atoms with Gasteiger partial charge in [0.15, 0.2) is 0 Å². The molecule has 0 aromatic rings. The third-order valence-corrected chi connectivity index (χ3v) is 5.66. The first-order valence-corrected chi connectivity index (χ1v) is 9.13. The van der Waals surface area contributed by atoms with E-state index in [0.717, 1.165) is 57.8 Å². The van der Waals surface area contributed by atoms with Crippen LogP contribution >= 0.6 is 0 Å². The molecule has 0 unspecified atom stereocenters. The Morgan fingerprint density at radius 1 is 1.16 bits per heavy atom. The molecule has 0 bridgehead atoms. The van der Waals surface area contributed by atoms with E-state index in [1.807, 2.05) is 0 Å². The van der Waals surface area contributed by atoms with Crippen molar-refractivity contribution in [2.24, 2.45) is 5.92 Å². The zero-order valence-electron chi connectivity index (χ0n) is 11.9. The molecule has 0 aromatic heterocycles. The molecule has 1 aliphatic carbocycles. The summed E-state index contributed by atoms with van der Waals surface area (Å²) < 4.78 is 27.0. The molecule has 0 aromatic carbocycles. The highest BCUT2D eigenvalue weighted by molar-refractivity contribution is 7.89. The third-order valence-electron chi connectivity index (χ3n) is 4.25. The topological polar surface area (TPSA) is 61.4 Å². The zero-order chi connectivity index (χ0) is 13.7. The van der Waals surface area contributed by atoms with E-state index in [1.54, 1.807) is 0 Å². The van der Waals surface area contributed by atoms with Crippen LogP contribution in [0.4, 0.5) is 0 Å². The minimum Gasteiger partial charge on any atom is -0.314 e. The molecule has 2 aliphatic rings. The molecule has 1 saturated heterocycles. The van der Waals surface area contributed by atoms with Crippen LogP contribution in [0.3, 0.4) is 0 Å². The summed E-state index contributed by atoms with van der Waals surface area (Å²) in [7, 11) is -3.11. The standard InChI is InChI=1S/C13H27N3O2S/c1-12-2-4-13(5-3-12)15-19(17,18)11-10-16-8-6-14-7-9-16/h12-15H,2-11H2,1H3. The van der Waals surface area contributed by atoms with Crippen molar-refractivity contribution in [2.45, 2.75) is 38.6 Å². The maximum absolute atomic E-state index is 12.1. The monoisotopic (exact) mass is 289 g/mol. The van der Waals surface area contributed by atoms with Gasteiger partial charge in [-0.15, -0.1) is 0 Å². The normalized spacial score (nSPS) is 30.4. The largest absolute Gasteiger partial charge is 0.314 e. The Balaban J connectivity index is 1.72. The van der Waals surface area contributed by atoms with Crippen molar-refractivity contribution >= 4 is 10.0 Å². The molecule has 2 fully saturated rings. The summed E-state index contributed by atoms with van der Waals surface area (Å²) >= 11 is 0. The van der Waals surface area contributed by atoms with Crippen molar-refractivity contribution in [1.29, 1.82) is 0 Å². The van der Waals surface area contributed by atoms with Gasteiger partial charge in [-0.2, -0.15) is 0 Å². The molecular weight excluding hydrogens is 262 g/mol. The van der Waals surface area contributed by atoms with Crippen molar-refractivity contribution in [1.82, 2.24) is 14.9 Å². The van der Waals surface area contributed by atoms with E-state index in [-0.39, 0.29) is 11.8 Å². The highest BCUT2D eigenvalue weighted by Gasteiger charge is 2.23. The number of piperazine rings is 1. The molecule has 1 heterocycles. The Morgan fingerprint density at radius 3 is 2.42 bits per heavy atom. The average Bonchev–Trinajstić information content (AvgIpc) is 2.40. The number of hydrogen-bond donors (Lipinski definition) is 2. The first-order chi connectivity index (χ1) is 9.05. The summed E-state index contributed by atoms with van der Waals surface area (Å²) in [5, 5.41) is 3.27. The van der Waals surface area contributed by atoms with Crippen molar-refractivity contribution in [3.05, 3.63) is 0 Å². The highest BCUT2D eigenvalue weighted by atomic mass is 32.2. The Labute approximate surface area is 117 Å². The molecule has 6 heteroatoms. The van der Waals surface area contributed by atoms with E-state index in [9.17, 15) is 8.42 Å². The third kappa shape index (κ3) is 5.38. The van der Waals surface area contributed by atoms with Crippen molar-refractivity contribution in [2.75, 3.05) is 38.5 Å². The zero-order valence-corrected chi connectivity index (χ0v) is 12.7. The van der Waals surface area contributed by atoms with E-state index in [4.69, 9.17) is 0 Å². The van der Waals surface area contributed by atoms with Crippen molar-refractivity contribution < 1.29 is 8.42 Å². The summed E-state index contributed by atoms with van der Waals surface area (Å²) in [5.74, 6) is 0.987. The first-order valence-electron chi connectivity index (χ1n) is 7.48. The first kappa shape index (κ1) is 15.2. The van der Waals surface area contributed by atoms with Crippen LogP contribution in [0, 0.1) is 5.92 Å². The summed E-state index contributed by atoms with van der Waals surface area (Å²) in [6.45, 7) is 6.74. The van der Waals surface area contributed by atoms with Crippen LogP contribution < -0.4 is 10.0 Å². The lowest BCUT2D eigenvalue weighted by molar-refractivity contribution is 0.253. The second-order valence-electron chi connectivity index (χ2n) is 5.99. The molecule has 5 nitrogen and oxygen atoms in total.